The van der Waals surface area contributed by atoms with E-state index in [9.17, 15) is 0 Å². The van der Waals surface area contributed by atoms with Crippen molar-refractivity contribution in [2.45, 2.75) is 26.4 Å². The molecule has 0 saturated heterocycles. The van der Waals surface area contributed by atoms with Gasteiger partial charge in [-0.3, -0.25) is 0 Å². The fourth-order valence-corrected chi connectivity index (χ4v) is 3.06. The highest BCUT2D eigenvalue weighted by Gasteiger charge is 2.08. The van der Waals surface area contributed by atoms with Crippen molar-refractivity contribution in [2.75, 3.05) is 7.11 Å². The van der Waals surface area contributed by atoms with E-state index in [0.717, 1.165) is 12.1 Å². The van der Waals surface area contributed by atoms with Gasteiger partial charge in [0, 0.05) is 22.3 Å². The van der Waals surface area contributed by atoms with Crippen LogP contribution in [0.5, 0.6) is 5.75 Å². The van der Waals surface area contributed by atoms with Gasteiger partial charge >= 0.3 is 0 Å². The number of benzene rings is 1. The molecule has 1 heterocycles. The van der Waals surface area contributed by atoms with Crippen molar-refractivity contribution < 1.29 is 4.74 Å². The number of thiophene rings is 1. The third-order valence-corrected chi connectivity index (χ3v) is 4.50. The fourth-order valence-electron chi connectivity index (χ4n) is 1.88. The Bertz CT molecular complexity index is 553. The summed E-state index contributed by atoms with van der Waals surface area (Å²) in [6.07, 6.45) is 0. The molecule has 0 fully saturated rings. The van der Waals surface area contributed by atoms with Gasteiger partial charge in [-0.05, 0) is 43.7 Å². The molecule has 0 amide bonds. The quantitative estimate of drug-likeness (QED) is 0.872. The standard InChI is InChI=1S/C15H18ClNOS/c1-10-4-7-15(19-10)11(2)17-9-12-5-6-14(18-3)13(16)8-12/h4-8,11,17H,9H2,1-3H3. The van der Waals surface area contributed by atoms with Gasteiger partial charge in [0.05, 0.1) is 12.1 Å². The van der Waals surface area contributed by atoms with E-state index in [1.54, 1.807) is 7.11 Å². The van der Waals surface area contributed by atoms with Gasteiger partial charge in [0.25, 0.3) is 0 Å². The summed E-state index contributed by atoms with van der Waals surface area (Å²) in [5, 5.41) is 4.16. The molecule has 0 radical (unpaired) electrons. The maximum Gasteiger partial charge on any atom is 0.137 e. The Morgan fingerprint density at radius 1 is 1.32 bits per heavy atom. The molecule has 19 heavy (non-hydrogen) atoms. The van der Waals surface area contributed by atoms with Crippen LogP contribution < -0.4 is 10.1 Å². The van der Waals surface area contributed by atoms with Crippen LogP contribution in [-0.4, -0.2) is 7.11 Å². The molecule has 2 rings (SSSR count). The van der Waals surface area contributed by atoms with Gasteiger partial charge < -0.3 is 10.1 Å². The summed E-state index contributed by atoms with van der Waals surface area (Å²) in [6, 6.07) is 10.6. The van der Waals surface area contributed by atoms with Gasteiger partial charge in [0.2, 0.25) is 0 Å². The van der Waals surface area contributed by atoms with Crippen LogP contribution in [0.15, 0.2) is 30.3 Å². The minimum Gasteiger partial charge on any atom is -0.495 e. The number of nitrogens with one attached hydrogen (secondary N) is 1. The van der Waals surface area contributed by atoms with Crippen LogP contribution in [-0.2, 0) is 6.54 Å². The molecular formula is C15H18ClNOS. The Kier molecular flexibility index (Phi) is 4.86. The predicted octanol–water partition coefficient (Wildman–Crippen LogP) is 4.57. The van der Waals surface area contributed by atoms with E-state index in [1.165, 1.54) is 9.75 Å². The van der Waals surface area contributed by atoms with Crippen molar-refractivity contribution in [3.05, 3.63) is 50.7 Å². The average Bonchev–Trinajstić information content (AvgIpc) is 2.83. The number of aryl methyl sites for hydroxylation is 1. The van der Waals surface area contributed by atoms with E-state index < -0.39 is 0 Å². The predicted molar refractivity (Wildman–Crippen MR) is 82.3 cm³/mol. The van der Waals surface area contributed by atoms with Crippen molar-refractivity contribution in [1.29, 1.82) is 0 Å². The highest BCUT2D eigenvalue weighted by Crippen LogP contribution is 2.26. The van der Waals surface area contributed by atoms with Gasteiger partial charge in [-0.15, -0.1) is 11.3 Å². The molecule has 1 aromatic carbocycles. The lowest BCUT2D eigenvalue weighted by atomic mass is 10.2. The largest absolute Gasteiger partial charge is 0.495 e. The molecule has 1 unspecified atom stereocenters. The molecule has 1 aromatic heterocycles. The SMILES string of the molecule is COc1ccc(CNC(C)c2ccc(C)s2)cc1Cl. The minimum absolute atomic E-state index is 0.347. The first-order chi connectivity index (χ1) is 9.10. The van der Waals surface area contributed by atoms with Crippen LogP contribution in [0.3, 0.4) is 0 Å². The highest BCUT2D eigenvalue weighted by molar-refractivity contribution is 7.12. The van der Waals surface area contributed by atoms with Crippen LogP contribution in [0.1, 0.15) is 28.3 Å². The molecular weight excluding hydrogens is 278 g/mol. The average molecular weight is 296 g/mol. The molecule has 2 nitrogen and oxygen atoms in total. The maximum atomic E-state index is 6.11. The monoisotopic (exact) mass is 295 g/mol. The zero-order valence-corrected chi connectivity index (χ0v) is 12.9. The molecule has 0 aliphatic rings. The number of ether oxygens (including phenoxy) is 1. The van der Waals surface area contributed by atoms with Gasteiger partial charge in [0.15, 0.2) is 0 Å². The normalized spacial score (nSPS) is 12.4. The van der Waals surface area contributed by atoms with Gasteiger partial charge in [0.1, 0.15) is 5.75 Å². The fraction of sp³-hybridized carbons (Fsp3) is 0.333. The summed E-state index contributed by atoms with van der Waals surface area (Å²) in [5.41, 5.74) is 1.16. The second kappa shape index (κ2) is 6.42. The van der Waals surface area contributed by atoms with Gasteiger partial charge in [-0.1, -0.05) is 17.7 Å². The first-order valence-corrected chi connectivity index (χ1v) is 7.41. The third-order valence-electron chi connectivity index (χ3n) is 3.02. The number of hydrogen-bond donors (Lipinski definition) is 1. The molecule has 0 bridgehead atoms. The molecule has 1 atom stereocenters. The number of methoxy groups -OCH3 is 1. The van der Waals surface area contributed by atoms with E-state index in [2.05, 4.69) is 31.3 Å². The lowest BCUT2D eigenvalue weighted by molar-refractivity contribution is 0.415. The second-order valence-corrected chi connectivity index (χ2v) is 6.25. The highest BCUT2D eigenvalue weighted by atomic mass is 35.5. The summed E-state index contributed by atoms with van der Waals surface area (Å²) in [4.78, 5) is 2.70. The summed E-state index contributed by atoms with van der Waals surface area (Å²) in [5.74, 6) is 0.715. The van der Waals surface area contributed by atoms with E-state index in [1.807, 2.05) is 29.5 Å². The topological polar surface area (TPSA) is 21.3 Å². The van der Waals surface area contributed by atoms with Crippen molar-refractivity contribution >= 4 is 22.9 Å². The smallest absolute Gasteiger partial charge is 0.137 e. The molecule has 0 saturated carbocycles. The van der Waals surface area contributed by atoms with Crippen molar-refractivity contribution in [3.8, 4) is 5.75 Å². The second-order valence-electron chi connectivity index (χ2n) is 4.52. The van der Waals surface area contributed by atoms with E-state index in [-0.39, 0.29) is 0 Å². The van der Waals surface area contributed by atoms with Crippen LogP contribution in [0.4, 0.5) is 0 Å². The molecule has 0 spiro atoms. The summed E-state index contributed by atoms with van der Waals surface area (Å²) in [7, 11) is 1.63. The minimum atomic E-state index is 0.347. The maximum absolute atomic E-state index is 6.11. The van der Waals surface area contributed by atoms with E-state index >= 15 is 0 Å². The van der Waals surface area contributed by atoms with Crippen LogP contribution in [0, 0.1) is 6.92 Å². The first-order valence-electron chi connectivity index (χ1n) is 6.22. The Balaban J connectivity index is 1.97. The van der Waals surface area contributed by atoms with Gasteiger partial charge in [-0.2, -0.15) is 0 Å². The Morgan fingerprint density at radius 3 is 2.68 bits per heavy atom. The zero-order chi connectivity index (χ0) is 13.8. The van der Waals surface area contributed by atoms with Crippen LogP contribution in [0.25, 0.3) is 0 Å². The number of rotatable bonds is 5. The van der Waals surface area contributed by atoms with E-state index in [0.29, 0.717) is 16.8 Å². The Hall–Kier alpha value is -1.03. The van der Waals surface area contributed by atoms with Crippen LogP contribution >= 0.6 is 22.9 Å². The molecule has 4 heteroatoms. The lowest BCUT2D eigenvalue weighted by Gasteiger charge is -2.13. The molecule has 0 aliphatic heterocycles. The third kappa shape index (κ3) is 3.72. The van der Waals surface area contributed by atoms with Gasteiger partial charge in [-0.25, -0.2) is 0 Å². The zero-order valence-electron chi connectivity index (χ0n) is 11.4. The Morgan fingerprint density at radius 2 is 2.11 bits per heavy atom. The number of hydrogen-bond acceptors (Lipinski definition) is 3. The lowest BCUT2D eigenvalue weighted by Crippen LogP contribution is -2.17. The molecule has 2 aromatic rings. The summed E-state index contributed by atoms with van der Waals surface area (Å²) >= 11 is 7.95. The Labute approximate surface area is 123 Å². The molecule has 0 aliphatic carbocycles. The summed E-state index contributed by atoms with van der Waals surface area (Å²) < 4.78 is 5.15. The van der Waals surface area contributed by atoms with E-state index in [4.69, 9.17) is 16.3 Å². The van der Waals surface area contributed by atoms with Crippen molar-refractivity contribution in [1.82, 2.24) is 5.32 Å². The van der Waals surface area contributed by atoms with Crippen molar-refractivity contribution in [2.24, 2.45) is 0 Å². The molecule has 1 N–H and O–H groups in total. The number of halogens is 1. The molecule has 102 valence electrons. The first kappa shape index (κ1) is 14.4. The van der Waals surface area contributed by atoms with Crippen molar-refractivity contribution in [3.63, 3.8) is 0 Å². The van der Waals surface area contributed by atoms with Crippen LogP contribution in [0.2, 0.25) is 5.02 Å². The summed E-state index contributed by atoms with van der Waals surface area (Å²) in [6.45, 7) is 5.10.